The molecule has 1 atom stereocenters. The number of anilines is 1. The van der Waals surface area contributed by atoms with Gasteiger partial charge in [0.15, 0.2) is 0 Å². The summed E-state index contributed by atoms with van der Waals surface area (Å²) in [5, 5.41) is 5.58. The van der Waals surface area contributed by atoms with Crippen LogP contribution in [0.25, 0.3) is 0 Å². The van der Waals surface area contributed by atoms with E-state index >= 15 is 0 Å². The van der Waals surface area contributed by atoms with Crippen molar-refractivity contribution in [3.8, 4) is 0 Å². The van der Waals surface area contributed by atoms with Crippen LogP contribution in [0.15, 0.2) is 21.5 Å². The maximum Gasteiger partial charge on any atom is 0.271 e. The van der Waals surface area contributed by atoms with Crippen molar-refractivity contribution in [2.45, 2.75) is 6.04 Å². The zero-order valence-electron chi connectivity index (χ0n) is 9.77. The lowest BCUT2D eigenvalue weighted by Gasteiger charge is -2.22. The summed E-state index contributed by atoms with van der Waals surface area (Å²) in [6.45, 7) is 1.55. The highest BCUT2D eigenvalue weighted by Crippen LogP contribution is 2.10. The van der Waals surface area contributed by atoms with Crippen molar-refractivity contribution in [1.82, 2.24) is 10.3 Å². The number of hydrogen-bond donors (Lipinski definition) is 3. The Labute approximate surface area is 130 Å². The molecule has 6 nitrogen and oxygen atoms in total. The van der Waals surface area contributed by atoms with Gasteiger partial charge in [-0.15, -0.1) is 24.8 Å². The Kier molecular flexibility index (Phi) is 8.28. The summed E-state index contributed by atoms with van der Waals surface area (Å²) >= 11 is 3.22. The fraction of sp³-hybridized carbons (Fsp3) is 0.400. The molecule has 0 spiro atoms. The molecule has 19 heavy (non-hydrogen) atoms. The van der Waals surface area contributed by atoms with Crippen LogP contribution >= 0.6 is 40.7 Å². The van der Waals surface area contributed by atoms with Crippen molar-refractivity contribution in [2.24, 2.45) is 0 Å². The third-order valence-electron chi connectivity index (χ3n) is 2.36. The van der Waals surface area contributed by atoms with E-state index in [-0.39, 0.29) is 42.0 Å². The lowest BCUT2D eigenvalue weighted by molar-refractivity contribution is -0.120. The van der Waals surface area contributed by atoms with Crippen LogP contribution in [0.5, 0.6) is 0 Å². The van der Waals surface area contributed by atoms with Crippen molar-refractivity contribution >= 4 is 52.3 Å². The summed E-state index contributed by atoms with van der Waals surface area (Å²) < 4.78 is 5.87. The summed E-state index contributed by atoms with van der Waals surface area (Å²) in [6.07, 6.45) is 1.51. The van der Waals surface area contributed by atoms with Crippen molar-refractivity contribution in [2.75, 3.05) is 25.1 Å². The minimum atomic E-state index is -0.415. The first-order chi connectivity index (χ1) is 8.16. The molecule has 1 amide bonds. The van der Waals surface area contributed by atoms with Gasteiger partial charge in [-0.25, -0.2) is 0 Å². The first-order valence-corrected chi connectivity index (χ1v) is 5.96. The molecular formula is C10H14BrCl2N3O3. The van der Waals surface area contributed by atoms with E-state index < -0.39 is 6.04 Å². The zero-order valence-corrected chi connectivity index (χ0v) is 13.0. The van der Waals surface area contributed by atoms with E-state index in [1.165, 1.54) is 6.20 Å². The minimum Gasteiger partial charge on any atom is -0.378 e. The molecule has 0 radical (unpaired) electrons. The Morgan fingerprint density at radius 3 is 2.84 bits per heavy atom. The molecule has 1 saturated heterocycles. The molecule has 1 aromatic rings. The van der Waals surface area contributed by atoms with E-state index in [2.05, 4.69) is 31.5 Å². The van der Waals surface area contributed by atoms with E-state index in [0.29, 0.717) is 24.2 Å². The molecule has 0 aliphatic carbocycles. The Morgan fingerprint density at radius 2 is 2.21 bits per heavy atom. The Balaban J connectivity index is 0.00000162. The fourth-order valence-corrected chi connectivity index (χ4v) is 1.85. The predicted octanol–water partition coefficient (Wildman–Crippen LogP) is 0.908. The Bertz CT molecular complexity index is 477. The van der Waals surface area contributed by atoms with Gasteiger partial charge in [0.1, 0.15) is 11.7 Å². The van der Waals surface area contributed by atoms with Gasteiger partial charge in [0.2, 0.25) is 5.91 Å². The Hall–Kier alpha value is -0.600. The maximum atomic E-state index is 11.8. The maximum absolute atomic E-state index is 11.8. The normalized spacial score (nSPS) is 17.8. The van der Waals surface area contributed by atoms with Crippen molar-refractivity contribution in [3.63, 3.8) is 0 Å². The van der Waals surface area contributed by atoms with Gasteiger partial charge in [-0.2, -0.15) is 0 Å². The number of halogens is 3. The van der Waals surface area contributed by atoms with Gasteiger partial charge in [0.05, 0.1) is 13.2 Å². The number of carbonyl (C=O) groups is 1. The first kappa shape index (κ1) is 18.4. The largest absolute Gasteiger partial charge is 0.378 e. The smallest absolute Gasteiger partial charge is 0.271 e. The van der Waals surface area contributed by atoms with Crippen LogP contribution in [0, 0.1) is 0 Å². The second kappa shape index (κ2) is 8.55. The highest BCUT2D eigenvalue weighted by Gasteiger charge is 2.21. The number of H-pyrrole nitrogens is 1. The molecule has 9 heteroatoms. The topological polar surface area (TPSA) is 83.2 Å². The van der Waals surface area contributed by atoms with Crippen LogP contribution in [0.1, 0.15) is 0 Å². The van der Waals surface area contributed by atoms with Gasteiger partial charge in [-0.05, 0) is 22.0 Å². The lowest BCUT2D eigenvalue weighted by Crippen LogP contribution is -2.49. The van der Waals surface area contributed by atoms with Crippen LogP contribution in [0.2, 0.25) is 0 Å². The molecule has 0 saturated carbocycles. The number of pyridine rings is 1. The second-order valence-corrected chi connectivity index (χ2v) is 4.55. The summed E-state index contributed by atoms with van der Waals surface area (Å²) in [6, 6.07) is 1.14. The van der Waals surface area contributed by atoms with Gasteiger partial charge in [0.25, 0.3) is 5.56 Å². The van der Waals surface area contributed by atoms with Crippen LogP contribution < -0.4 is 16.2 Å². The van der Waals surface area contributed by atoms with Gasteiger partial charge in [0, 0.05) is 17.2 Å². The van der Waals surface area contributed by atoms with Gasteiger partial charge >= 0.3 is 0 Å². The monoisotopic (exact) mass is 373 g/mol. The molecular weight excluding hydrogens is 361 g/mol. The summed E-state index contributed by atoms with van der Waals surface area (Å²) in [4.78, 5) is 25.8. The molecule has 2 heterocycles. The average molecular weight is 375 g/mol. The predicted molar refractivity (Wildman–Crippen MR) is 80.5 cm³/mol. The van der Waals surface area contributed by atoms with Crippen LogP contribution in [0.3, 0.4) is 0 Å². The molecule has 1 aliphatic rings. The molecule has 1 aromatic heterocycles. The summed E-state index contributed by atoms with van der Waals surface area (Å²) in [5.74, 6) is -0.270. The number of nitrogens with one attached hydrogen (secondary N) is 3. The minimum absolute atomic E-state index is 0. The molecule has 1 aliphatic heterocycles. The molecule has 1 unspecified atom stereocenters. The van der Waals surface area contributed by atoms with Crippen LogP contribution in [0.4, 0.5) is 5.69 Å². The standard InChI is InChI=1S/C10H12BrN3O3.2ClH/c11-6-3-7(9(15)13-4-6)14-10(16)8-5-17-2-1-12-8;;/h3-4,8,12H,1-2,5H2,(H,13,15)(H,14,16);2*1H. The number of amides is 1. The number of carbonyl (C=O) groups excluding carboxylic acids is 1. The van der Waals surface area contributed by atoms with Gasteiger partial charge in [-0.1, -0.05) is 0 Å². The van der Waals surface area contributed by atoms with Gasteiger partial charge < -0.3 is 20.4 Å². The SMILES string of the molecule is Cl.Cl.O=C(Nc1cc(Br)c[nH]c1=O)C1COCCN1. The first-order valence-electron chi connectivity index (χ1n) is 5.17. The number of morpholine rings is 1. The van der Waals surface area contributed by atoms with Crippen LogP contribution in [-0.2, 0) is 9.53 Å². The van der Waals surface area contributed by atoms with E-state index in [1.54, 1.807) is 6.07 Å². The number of aromatic amines is 1. The zero-order chi connectivity index (χ0) is 12.3. The van der Waals surface area contributed by atoms with E-state index in [0.717, 1.165) is 0 Å². The third kappa shape index (κ3) is 5.12. The van der Waals surface area contributed by atoms with Crippen LogP contribution in [-0.4, -0.2) is 36.7 Å². The number of aromatic nitrogens is 1. The molecule has 0 bridgehead atoms. The number of ether oxygens (including phenoxy) is 1. The highest BCUT2D eigenvalue weighted by atomic mass is 79.9. The van der Waals surface area contributed by atoms with E-state index in [9.17, 15) is 9.59 Å². The quantitative estimate of drug-likeness (QED) is 0.718. The summed E-state index contributed by atoms with van der Waals surface area (Å²) in [7, 11) is 0. The average Bonchev–Trinajstić information content (AvgIpc) is 2.35. The second-order valence-electron chi connectivity index (χ2n) is 3.63. The van der Waals surface area contributed by atoms with Crippen molar-refractivity contribution in [3.05, 3.63) is 27.1 Å². The van der Waals surface area contributed by atoms with Crippen molar-refractivity contribution < 1.29 is 9.53 Å². The third-order valence-corrected chi connectivity index (χ3v) is 2.82. The molecule has 108 valence electrons. The molecule has 0 aromatic carbocycles. The molecule has 1 fully saturated rings. The van der Waals surface area contributed by atoms with Gasteiger partial charge in [-0.3, -0.25) is 9.59 Å². The number of rotatable bonds is 2. The van der Waals surface area contributed by atoms with E-state index in [4.69, 9.17) is 4.74 Å². The fourth-order valence-electron chi connectivity index (χ4n) is 1.50. The summed E-state index contributed by atoms with van der Waals surface area (Å²) in [5.41, 5.74) is -0.116. The highest BCUT2D eigenvalue weighted by molar-refractivity contribution is 9.10. The molecule has 2 rings (SSSR count). The lowest BCUT2D eigenvalue weighted by atomic mass is 10.2. The van der Waals surface area contributed by atoms with E-state index in [1.807, 2.05) is 0 Å². The molecule has 3 N–H and O–H groups in total. The number of hydrogen-bond acceptors (Lipinski definition) is 4. The Morgan fingerprint density at radius 1 is 1.47 bits per heavy atom. The van der Waals surface area contributed by atoms with Crippen molar-refractivity contribution in [1.29, 1.82) is 0 Å².